The van der Waals surface area contributed by atoms with E-state index in [0.29, 0.717) is 6.42 Å². The maximum Gasteiger partial charge on any atom is 0.219 e. The monoisotopic (exact) mass is 147 g/mol. The molecule has 0 aliphatic rings. The molecule has 0 bridgehead atoms. The molecule has 1 N–H and O–H groups in total. The molecule has 0 saturated carbocycles. The first-order valence-electron chi connectivity index (χ1n) is 3.18. The highest BCUT2D eigenvalue weighted by Crippen LogP contribution is 1.81. The lowest BCUT2D eigenvalue weighted by Gasteiger charge is -1.99. The third-order valence-electron chi connectivity index (χ3n) is 0.978. The van der Waals surface area contributed by atoms with Crippen molar-refractivity contribution in [2.24, 2.45) is 0 Å². The Kier molecular flexibility index (Phi) is 5.83. The fraction of sp³-hybridized carbons (Fsp3) is 0.833. The first-order valence-corrected chi connectivity index (χ1v) is 3.82. The molecular weight excluding hydrogens is 134 g/mol. The smallest absolute Gasteiger partial charge is 0.219 e. The summed E-state index contributed by atoms with van der Waals surface area (Å²) in [7, 11) is 0. The Balaban J connectivity index is 2.97. The SMILES string of the molecule is CCC(=O)NCCCS. The van der Waals surface area contributed by atoms with E-state index in [4.69, 9.17) is 0 Å². The van der Waals surface area contributed by atoms with Crippen LogP contribution in [0.2, 0.25) is 0 Å². The summed E-state index contributed by atoms with van der Waals surface area (Å²) in [6.45, 7) is 2.60. The first-order chi connectivity index (χ1) is 4.31. The number of amides is 1. The minimum absolute atomic E-state index is 0.122. The molecular formula is C6H13NOS. The molecule has 0 unspecified atom stereocenters. The van der Waals surface area contributed by atoms with Crippen LogP contribution < -0.4 is 5.32 Å². The zero-order valence-corrected chi connectivity index (χ0v) is 6.58. The van der Waals surface area contributed by atoms with Gasteiger partial charge >= 0.3 is 0 Å². The molecule has 0 spiro atoms. The number of thiol groups is 1. The number of hydrogen-bond acceptors (Lipinski definition) is 2. The largest absolute Gasteiger partial charge is 0.356 e. The summed E-state index contributed by atoms with van der Waals surface area (Å²) in [4.78, 5) is 10.6. The highest BCUT2D eigenvalue weighted by Gasteiger charge is 1.92. The van der Waals surface area contributed by atoms with E-state index in [1.807, 2.05) is 6.92 Å². The van der Waals surface area contributed by atoms with Gasteiger partial charge in [-0.1, -0.05) is 6.92 Å². The van der Waals surface area contributed by atoms with Crippen molar-refractivity contribution in [1.82, 2.24) is 5.32 Å². The van der Waals surface area contributed by atoms with Crippen molar-refractivity contribution >= 4 is 18.5 Å². The van der Waals surface area contributed by atoms with Crippen LogP contribution in [0.15, 0.2) is 0 Å². The Hall–Kier alpha value is -0.180. The highest BCUT2D eigenvalue weighted by molar-refractivity contribution is 7.80. The summed E-state index contributed by atoms with van der Waals surface area (Å²) in [5.74, 6) is 0.959. The van der Waals surface area contributed by atoms with E-state index >= 15 is 0 Å². The van der Waals surface area contributed by atoms with Crippen LogP contribution in [0.3, 0.4) is 0 Å². The van der Waals surface area contributed by atoms with E-state index in [0.717, 1.165) is 18.7 Å². The molecule has 0 fully saturated rings. The number of rotatable bonds is 4. The van der Waals surface area contributed by atoms with Crippen molar-refractivity contribution in [3.05, 3.63) is 0 Å². The van der Waals surface area contributed by atoms with E-state index in [1.54, 1.807) is 0 Å². The minimum Gasteiger partial charge on any atom is -0.356 e. The zero-order valence-electron chi connectivity index (χ0n) is 5.68. The molecule has 0 rings (SSSR count). The summed E-state index contributed by atoms with van der Waals surface area (Å²) in [6.07, 6.45) is 1.53. The van der Waals surface area contributed by atoms with Crippen LogP contribution in [0.25, 0.3) is 0 Å². The Morgan fingerprint density at radius 2 is 2.33 bits per heavy atom. The van der Waals surface area contributed by atoms with Crippen LogP contribution in [0.1, 0.15) is 19.8 Å². The lowest BCUT2D eigenvalue weighted by Crippen LogP contribution is -2.23. The maximum atomic E-state index is 10.6. The van der Waals surface area contributed by atoms with Gasteiger partial charge in [0.25, 0.3) is 0 Å². The molecule has 0 aliphatic heterocycles. The van der Waals surface area contributed by atoms with Crippen molar-refractivity contribution < 1.29 is 4.79 Å². The second-order valence-electron chi connectivity index (χ2n) is 1.78. The van der Waals surface area contributed by atoms with E-state index in [1.165, 1.54) is 0 Å². The lowest BCUT2D eigenvalue weighted by atomic mass is 10.4. The van der Waals surface area contributed by atoms with Crippen molar-refractivity contribution in [3.8, 4) is 0 Å². The number of carbonyl (C=O) groups excluding carboxylic acids is 1. The van der Waals surface area contributed by atoms with Crippen molar-refractivity contribution in [2.45, 2.75) is 19.8 Å². The van der Waals surface area contributed by atoms with Gasteiger partial charge in [0.1, 0.15) is 0 Å². The van der Waals surface area contributed by atoms with Crippen LogP contribution in [-0.2, 0) is 4.79 Å². The van der Waals surface area contributed by atoms with Crippen LogP contribution in [0.5, 0.6) is 0 Å². The van der Waals surface area contributed by atoms with Gasteiger partial charge in [0, 0.05) is 13.0 Å². The Morgan fingerprint density at radius 3 is 2.78 bits per heavy atom. The number of carbonyl (C=O) groups is 1. The molecule has 54 valence electrons. The van der Waals surface area contributed by atoms with Crippen molar-refractivity contribution in [2.75, 3.05) is 12.3 Å². The zero-order chi connectivity index (χ0) is 7.11. The average Bonchev–Trinajstić information content (AvgIpc) is 1.89. The van der Waals surface area contributed by atoms with Gasteiger partial charge in [-0.3, -0.25) is 4.79 Å². The van der Waals surface area contributed by atoms with Crippen LogP contribution in [-0.4, -0.2) is 18.2 Å². The lowest BCUT2D eigenvalue weighted by molar-refractivity contribution is -0.120. The summed E-state index contributed by atoms with van der Waals surface area (Å²) in [5.41, 5.74) is 0. The van der Waals surface area contributed by atoms with E-state index in [2.05, 4.69) is 17.9 Å². The van der Waals surface area contributed by atoms with Gasteiger partial charge in [-0.25, -0.2) is 0 Å². The molecule has 2 nitrogen and oxygen atoms in total. The topological polar surface area (TPSA) is 29.1 Å². The van der Waals surface area contributed by atoms with Crippen molar-refractivity contribution in [1.29, 1.82) is 0 Å². The normalized spacial score (nSPS) is 9.11. The van der Waals surface area contributed by atoms with Crippen LogP contribution >= 0.6 is 12.6 Å². The molecule has 9 heavy (non-hydrogen) atoms. The standard InChI is InChI=1S/C6H13NOS/c1-2-6(8)7-4-3-5-9/h9H,2-5H2,1H3,(H,7,8). The Labute approximate surface area is 61.4 Å². The molecule has 0 aromatic heterocycles. The van der Waals surface area contributed by atoms with Gasteiger partial charge in [0.05, 0.1) is 0 Å². The van der Waals surface area contributed by atoms with E-state index < -0.39 is 0 Å². The van der Waals surface area contributed by atoms with Gasteiger partial charge in [-0.15, -0.1) is 0 Å². The van der Waals surface area contributed by atoms with Crippen molar-refractivity contribution in [3.63, 3.8) is 0 Å². The third kappa shape index (κ3) is 5.69. The van der Waals surface area contributed by atoms with Gasteiger partial charge in [-0.2, -0.15) is 12.6 Å². The highest BCUT2D eigenvalue weighted by atomic mass is 32.1. The number of hydrogen-bond donors (Lipinski definition) is 2. The third-order valence-corrected chi connectivity index (χ3v) is 1.29. The minimum atomic E-state index is 0.122. The Morgan fingerprint density at radius 1 is 1.67 bits per heavy atom. The molecule has 0 aromatic rings. The Bertz CT molecular complexity index is 85.1. The molecule has 0 aliphatic carbocycles. The van der Waals surface area contributed by atoms with E-state index in [-0.39, 0.29) is 5.91 Å². The molecule has 0 heterocycles. The second kappa shape index (κ2) is 5.95. The molecule has 0 atom stereocenters. The average molecular weight is 147 g/mol. The quantitative estimate of drug-likeness (QED) is 0.447. The summed E-state index contributed by atoms with van der Waals surface area (Å²) in [5, 5.41) is 2.75. The van der Waals surface area contributed by atoms with E-state index in [9.17, 15) is 4.79 Å². The fourth-order valence-corrected chi connectivity index (χ4v) is 0.590. The predicted molar refractivity (Wildman–Crippen MR) is 41.8 cm³/mol. The molecule has 1 amide bonds. The number of nitrogens with one attached hydrogen (secondary N) is 1. The molecule has 0 aromatic carbocycles. The van der Waals surface area contributed by atoms with Gasteiger partial charge in [0.2, 0.25) is 5.91 Å². The first kappa shape index (κ1) is 8.82. The summed E-state index contributed by atoms with van der Waals surface area (Å²) in [6, 6.07) is 0. The summed E-state index contributed by atoms with van der Waals surface area (Å²) < 4.78 is 0. The molecule has 3 heteroatoms. The van der Waals surface area contributed by atoms with Gasteiger partial charge < -0.3 is 5.32 Å². The van der Waals surface area contributed by atoms with Crippen LogP contribution in [0, 0.1) is 0 Å². The summed E-state index contributed by atoms with van der Waals surface area (Å²) >= 11 is 4.00. The maximum absolute atomic E-state index is 10.6. The van der Waals surface area contributed by atoms with Gasteiger partial charge in [0.15, 0.2) is 0 Å². The van der Waals surface area contributed by atoms with Crippen LogP contribution in [0.4, 0.5) is 0 Å². The second-order valence-corrected chi connectivity index (χ2v) is 2.23. The molecule has 0 saturated heterocycles. The fourth-order valence-electron chi connectivity index (χ4n) is 0.432. The molecule has 0 radical (unpaired) electrons. The van der Waals surface area contributed by atoms with Gasteiger partial charge in [-0.05, 0) is 12.2 Å². The predicted octanol–water partition coefficient (Wildman–Crippen LogP) is 0.833.